The van der Waals surface area contributed by atoms with Crippen LogP contribution in [0.25, 0.3) is 0 Å². The highest BCUT2D eigenvalue weighted by Crippen LogP contribution is 2.31. The summed E-state index contributed by atoms with van der Waals surface area (Å²) in [7, 11) is 0. The van der Waals surface area contributed by atoms with Gasteiger partial charge in [-0.2, -0.15) is 0 Å². The topological polar surface area (TPSA) is 78.5 Å². The molecule has 1 saturated carbocycles. The van der Waals surface area contributed by atoms with Crippen LogP contribution in [0, 0.1) is 0 Å². The average Bonchev–Trinajstić information content (AvgIpc) is 2.68. The van der Waals surface area contributed by atoms with Gasteiger partial charge < -0.3 is 10.6 Å². The number of imide groups is 1. The number of carbonyl (C=O) groups excluding carboxylic acids is 3. The van der Waals surface area contributed by atoms with E-state index in [9.17, 15) is 14.4 Å². The van der Waals surface area contributed by atoms with Gasteiger partial charge in [-0.25, -0.2) is 4.79 Å². The Morgan fingerprint density at radius 3 is 2.41 bits per heavy atom. The van der Waals surface area contributed by atoms with Crippen LogP contribution < -0.4 is 10.6 Å². The van der Waals surface area contributed by atoms with Crippen molar-refractivity contribution in [2.24, 2.45) is 0 Å². The molecule has 2 aliphatic rings. The Balaban J connectivity index is 2.02. The molecular weight excluding hydrogens is 282 g/mol. The monoisotopic (exact) mass is 309 g/mol. The Labute approximate surface area is 132 Å². The molecule has 0 aromatic heterocycles. The maximum atomic E-state index is 12.7. The fourth-order valence-electron chi connectivity index (χ4n) is 3.23. The molecule has 2 fully saturated rings. The second kappa shape index (κ2) is 7.11. The molecule has 6 nitrogen and oxygen atoms in total. The molecule has 1 spiro atoms. The summed E-state index contributed by atoms with van der Waals surface area (Å²) in [6.07, 6.45) is 7.45. The molecule has 0 unspecified atom stereocenters. The SMILES string of the molecule is CC[C@@H](C)NC(=O)CN1C(=O)NC2(CCCCCCC2)C1=O. The van der Waals surface area contributed by atoms with E-state index in [1.165, 1.54) is 6.42 Å². The predicted molar refractivity (Wildman–Crippen MR) is 83.2 cm³/mol. The van der Waals surface area contributed by atoms with E-state index in [1.54, 1.807) is 0 Å². The number of carbonyl (C=O) groups is 3. The number of nitrogens with zero attached hydrogens (tertiary/aromatic N) is 1. The van der Waals surface area contributed by atoms with E-state index in [0.29, 0.717) is 12.8 Å². The fraction of sp³-hybridized carbons (Fsp3) is 0.812. The summed E-state index contributed by atoms with van der Waals surface area (Å²) in [6.45, 7) is 3.69. The molecule has 2 rings (SSSR count). The first-order valence-electron chi connectivity index (χ1n) is 8.42. The van der Waals surface area contributed by atoms with Crippen molar-refractivity contribution < 1.29 is 14.4 Å². The first-order valence-corrected chi connectivity index (χ1v) is 8.42. The van der Waals surface area contributed by atoms with Crippen LogP contribution >= 0.6 is 0 Å². The van der Waals surface area contributed by atoms with Crippen LogP contribution in [0.2, 0.25) is 0 Å². The van der Waals surface area contributed by atoms with Gasteiger partial charge in [0.25, 0.3) is 5.91 Å². The zero-order valence-corrected chi connectivity index (χ0v) is 13.6. The molecule has 1 heterocycles. The standard InChI is InChI=1S/C16H27N3O3/c1-3-12(2)17-13(20)11-19-14(21)16(18-15(19)22)9-7-5-4-6-8-10-16/h12H,3-11H2,1-2H3,(H,17,20)(H,18,22)/t12-/m1/s1. The first kappa shape index (κ1) is 16.8. The Morgan fingerprint density at radius 2 is 1.82 bits per heavy atom. The minimum absolute atomic E-state index is 0.0450. The Bertz CT molecular complexity index is 442. The Morgan fingerprint density at radius 1 is 1.23 bits per heavy atom. The molecule has 0 radical (unpaired) electrons. The van der Waals surface area contributed by atoms with Gasteiger partial charge in [0.15, 0.2) is 0 Å². The predicted octanol–water partition coefficient (Wildman–Crippen LogP) is 1.94. The van der Waals surface area contributed by atoms with Crippen molar-refractivity contribution in [3.63, 3.8) is 0 Å². The summed E-state index contributed by atoms with van der Waals surface area (Å²) in [6, 6.07) is -0.381. The van der Waals surface area contributed by atoms with E-state index in [4.69, 9.17) is 0 Å². The minimum atomic E-state index is -0.770. The van der Waals surface area contributed by atoms with Gasteiger partial charge in [0.05, 0.1) is 0 Å². The summed E-state index contributed by atoms with van der Waals surface area (Å²) in [4.78, 5) is 37.9. The number of amides is 4. The van der Waals surface area contributed by atoms with Gasteiger partial charge in [-0.05, 0) is 26.2 Å². The van der Waals surface area contributed by atoms with Crippen LogP contribution in [0.1, 0.15) is 65.2 Å². The van der Waals surface area contributed by atoms with E-state index in [1.807, 2.05) is 13.8 Å². The Hall–Kier alpha value is -1.59. The number of hydrogen-bond acceptors (Lipinski definition) is 3. The van der Waals surface area contributed by atoms with Gasteiger partial charge in [0.2, 0.25) is 5.91 Å². The molecule has 1 atom stereocenters. The van der Waals surface area contributed by atoms with Gasteiger partial charge in [0.1, 0.15) is 12.1 Å². The van der Waals surface area contributed by atoms with Crippen molar-refractivity contribution in [3.8, 4) is 0 Å². The molecule has 1 saturated heterocycles. The highest BCUT2D eigenvalue weighted by molar-refractivity contribution is 6.09. The third-order valence-corrected chi connectivity index (χ3v) is 4.77. The van der Waals surface area contributed by atoms with Crippen molar-refractivity contribution in [2.45, 2.75) is 76.8 Å². The quantitative estimate of drug-likeness (QED) is 0.779. The highest BCUT2D eigenvalue weighted by Gasteiger charge is 2.50. The maximum absolute atomic E-state index is 12.7. The number of hydrogen-bond donors (Lipinski definition) is 2. The summed E-state index contributed by atoms with van der Waals surface area (Å²) in [5.74, 6) is -0.501. The van der Waals surface area contributed by atoms with Crippen LogP contribution in [-0.4, -0.2) is 40.9 Å². The lowest BCUT2D eigenvalue weighted by Gasteiger charge is -2.28. The molecule has 4 amide bonds. The van der Waals surface area contributed by atoms with E-state index in [0.717, 1.165) is 37.0 Å². The lowest BCUT2D eigenvalue weighted by molar-refractivity contribution is -0.135. The number of nitrogens with one attached hydrogen (secondary N) is 2. The van der Waals surface area contributed by atoms with E-state index >= 15 is 0 Å². The molecule has 1 aliphatic carbocycles. The van der Waals surface area contributed by atoms with Gasteiger partial charge in [0, 0.05) is 6.04 Å². The van der Waals surface area contributed by atoms with Crippen molar-refractivity contribution in [2.75, 3.05) is 6.54 Å². The smallest absolute Gasteiger partial charge is 0.325 e. The number of urea groups is 1. The second-order valence-electron chi connectivity index (χ2n) is 6.55. The third-order valence-electron chi connectivity index (χ3n) is 4.77. The van der Waals surface area contributed by atoms with Crippen LogP contribution in [-0.2, 0) is 9.59 Å². The molecule has 2 N–H and O–H groups in total. The van der Waals surface area contributed by atoms with Crippen LogP contribution in [0.5, 0.6) is 0 Å². The molecule has 124 valence electrons. The zero-order valence-electron chi connectivity index (χ0n) is 13.6. The minimum Gasteiger partial charge on any atom is -0.352 e. The third kappa shape index (κ3) is 3.59. The number of rotatable bonds is 4. The van der Waals surface area contributed by atoms with Gasteiger partial charge in [-0.15, -0.1) is 0 Å². The van der Waals surface area contributed by atoms with Crippen LogP contribution in [0.3, 0.4) is 0 Å². The largest absolute Gasteiger partial charge is 0.352 e. The maximum Gasteiger partial charge on any atom is 0.325 e. The van der Waals surface area contributed by atoms with E-state index < -0.39 is 11.6 Å². The lowest BCUT2D eigenvalue weighted by Crippen LogP contribution is -2.48. The van der Waals surface area contributed by atoms with E-state index in [-0.39, 0.29) is 24.4 Å². The van der Waals surface area contributed by atoms with Crippen molar-refractivity contribution in [1.29, 1.82) is 0 Å². The molecule has 0 aromatic carbocycles. The average molecular weight is 309 g/mol. The van der Waals surface area contributed by atoms with Crippen molar-refractivity contribution >= 4 is 17.8 Å². The van der Waals surface area contributed by atoms with Crippen LogP contribution in [0.4, 0.5) is 4.79 Å². The molecule has 1 aliphatic heterocycles. The van der Waals surface area contributed by atoms with Crippen molar-refractivity contribution in [3.05, 3.63) is 0 Å². The van der Waals surface area contributed by atoms with Crippen LogP contribution in [0.15, 0.2) is 0 Å². The van der Waals surface area contributed by atoms with Gasteiger partial charge >= 0.3 is 6.03 Å². The molecule has 22 heavy (non-hydrogen) atoms. The Kier molecular flexibility index (Phi) is 5.42. The molecule has 0 bridgehead atoms. The van der Waals surface area contributed by atoms with Gasteiger partial charge in [-0.1, -0.05) is 39.0 Å². The highest BCUT2D eigenvalue weighted by atomic mass is 16.2. The summed E-state index contributed by atoms with van der Waals surface area (Å²) < 4.78 is 0. The molecular formula is C16H27N3O3. The molecule has 0 aromatic rings. The zero-order chi connectivity index (χ0) is 16.2. The normalized spacial score (nSPS) is 22.9. The lowest BCUT2D eigenvalue weighted by atomic mass is 9.84. The second-order valence-corrected chi connectivity index (χ2v) is 6.55. The van der Waals surface area contributed by atoms with Crippen molar-refractivity contribution in [1.82, 2.24) is 15.5 Å². The van der Waals surface area contributed by atoms with Gasteiger partial charge in [-0.3, -0.25) is 14.5 Å². The molecule has 6 heteroatoms. The summed E-state index contributed by atoms with van der Waals surface area (Å²) in [5, 5.41) is 5.67. The summed E-state index contributed by atoms with van der Waals surface area (Å²) >= 11 is 0. The fourth-order valence-corrected chi connectivity index (χ4v) is 3.23. The van der Waals surface area contributed by atoms with E-state index in [2.05, 4.69) is 10.6 Å². The summed E-state index contributed by atoms with van der Waals surface area (Å²) in [5.41, 5.74) is -0.770. The first-order chi connectivity index (χ1) is 10.5.